The predicted molar refractivity (Wildman–Crippen MR) is 94.5 cm³/mol. The van der Waals surface area contributed by atoms with Gasteiger partial charge in [-0.3, -0.25) is 0 Å². The zero-order valence-electron chi connectivity index (χ0n) is 11.6. The van der Waals surface area contributed by atoms with Gasteiger partial charge in [0.15, 0.2) is 0 Å². The van der Waals surface area contributed by atoms with Crippen LogP contribution in [0.4, 0.5) is 0 Å². The molecule has 0 aromatic heterocycles. The molecule has 0 aliphatic heterocycles. The van der Waals surface area contributed by atoms with E-state index in [9.17, 15) is 0 Å². The summed E-state index contributed by atoms with van der Waals surface area (Å²) in [7, 11) is 0. The van der Waals surface area contributed by atoms with Gasteiger partial charge in [-0.25, -0.2) is 0 Å². The van der Waals surface area contributed by atoms with E-state index in [1.165, 1.54) is 25.7 Å². The van der Waals surface area contributed by atoms with Crippen molar-refractivity contribution in [3.05, 3.63) is 25.6 Å². The molecular weight excluding hydrogens is 450 g/mol. The molecule has 1 aromatic rings. The zero-order valence-corrected chi connectivity index (χ0v) is 16.4. The van der Waals surface area contributed by atoms with Crippen molar-refractivity contribution in [3.8, 4) is 5.75 Å². The van der Waals surface area contributed by atoms with Crippen molar-refractivity contribution in [2.75, 3.05) is 13.2 Å². The first-order valence-electron chi connectivity index (χ1n) is 7.07. The average Bonchev–Trinajstić information content (AvgIpc) is 2.36. The standard InChI is InChI=1S/C15H20Br3NO/c1-10-3-2-4-12(7-10)19-5-6-20-15-13(17)8-11(16)9-14(15)18/h8-10,12,19H,2-7H2,1H3. The molecule has 0 amide bonds. The smallest absolute Gasteiger partial charge is 0.147 e. The van der Waals surface area contributed by atoms with Crippen LogP contribution in [-0.4, -0.2) is 19.2 Å². The normalized spacial score (nSPS) is 22.8. The van der Waals surface area contributed by atoms with E-state index in [1.54, 1.807) is 0 Å². The summed E-state index contributed by atoms with van der Waals surface area (Å²) in [5, 5.41) is 3.61. The van der Waals surface area contributed by atoms with Crippen molar-refractivity contribution in [2.45, 2.75) is 38.6 Å². The van der Waals surface area contributed by atoms with Crippen molar-refractivity contribution in [3.63, 3.8) is 0 Å². The minimum Gasteiger partial charge on any atom is -0.490 e. The van der Waals surface area contributed by atoms with E-state index in [4.69, 9.17) is 4.74 Å². The van der Waals surface area contributed by atoms with Crippen molar-refractivity contribution >= 4 is 47.8 Å². The highest BCUT2D eigenvalue weighted by Crippen LogP contribution is 2.36. The van der Waals surface area contributed by atoms with E-state index in [2.05, 4.69) is 60.0 Å². The van der Waals surface area contributed by atoms with E-state index < -0.39 is 0 Å². The summed E-state index contributed by atoms with van der Waals surface area (Å²) in [5.41, 5.74) is 0. The lowest BCUT2D eigenvalue weighted by Gasteiger charge is -2.27. The lowest BCUT2D eigenvalue weighted by Crippen LogP contribution is -2.36. The second-order valence-electron chi connectivity index (χ2n) is 5.47. The maximum Gasteiger partial charge on any atom is 0.147 e. The number of hydrogen-bond donors (Lipinski definition) is 1. The predicted octanol–water partition coefficient (Wildman–Crippen LogP) is 5.52. The van der Waals surface area contributed by atoms with Gasteiger partial charge in [0.05, 0.1) is 8.95 Å². The fraction of sp³-hybridized carbons (Fsp3) is 0.600. The molecule has 1 saturated carbocycles. The first-order chi connectivity index (χ1) is 9.56. The minimum absolute atomic E-state index is 0.666. The largest absolute Gasteiger partial charge is 0.490 e. The summed E-state index contributed by atoms with van der Waals surface area (Å²) in [6.07, 6.45) is 5.33. The van der Waals surface area contributed by atoms with Crippen LogP contribution in [0.25, 0.3) is 0 Å². The molecule has 1 aliphatic rings. The molecule has 5 heteroatoms. The molecule has 2 nitrogen and oxygen atoms in total. The fourth-order valence-corrected chi connectivity index (χ4v) is 5.19. The van der Waals surface area contributed by atoms with Gasteiger partial charge in [0.25, 0.3) is 0 Å². The molecule has 0 heterocycles. The van der Waals surface area contributed by atoms with Crippen molar-refractivity contribution < 1.29 is 4.74 Å². The van der Waals surface area contributed by atoms with Gasteiger partial charge in [-0.15, -0.1) is 0 Å². The first kappa shape index (κ1) is 16.8. The quantitative estimate of drug-likeness (QED) is 0.573. The van der Waals surface area contributed by atoms with E-state index in [-0.39, 0.29) is 0 Å². The van der Waals surface area contributed by atoms with E-state index >= 15 is 0 Å². The lowest BCUT2D eigenvalue weighted by molar-refractivity contribution is 0.265. The second kappa shape index (κ2) is 8.16. The van der Waals surface area contributed by atoms with Crippen LogP contribution in [0.5, 0.6) is 5.75 Å². The van der Waals surface area contributed by atoms with Crippen LogP contribution in [0.3, 0.4) is 0 Å². The molecule has 1 fully saturated rings. The van der Waals surface area contributed by atoms with Crippen LogP contribution in [-0.2, 0) is 0 Å². The second-order valence-corrected chi connectivity index (χ2v) is 8.09. The Balaban J connectivity index is 1.76. The van der Waals surface area contributed by atoms with E-state index in [0.717, 1.165) is 31.6 Å². The number of nitrogens with one attached hydrogen (secondary N) is 1. The number of halogens is 3. The molecule has 0 saturated heterocycles. The van der Waals surface area contributed by atoms with Gasteiger partial charge in [0, 0.05) is 17.1 Å². The van der Waals surface area contributed by atoms with Gasteiger partial charge in [-0.2, -0.15) is 0 Å². The summed E-state index contributed by atoms with van der Waals surface area (Å²) in [6, 6.07) is 4.66. The zero-order chi connectivity index (χ0) is 14.5. The van der Waals surface area contributed by atoms with Crippen LogP contribution in [0.15, 0.2) is 25.6 Å². The molecule has 0 bridgehead atoms. The van der Waals surface area contributed by atoms with E-state index in [0.29, 0.717) is 12.6 Å². The molecule has 2 unspecified atom stereocenters. The molecule has 2 rings (SSSR count). The highest BCUT2D eigenvalue weighted by Gasteiger charge is 2.18. The monoisotopic (exact) mass is 467 g/mol. The molecule has 2 atom stereocenters. The van der Waals surface area contributed by atoms with Crippen LogP contribution in [0.2, 0.25) is 0 Å². The molecule has 0 spiro atoms. The third-order valence-electron chi connectivity index (χ3n) is 3.68. The van der Waals surface area contributed by atoms with Crippen molar-refractivity contribution in [1.82, 2.24) is 5.32 Å². The number of ether oxygens (including phenoxy) is 1. The Morgan fingerprint density at radius 2 is 1.90 bits per heavy atom. The Hall–Kier alpha value is 0.420. The van der Waals surface area contributed by atoms with Gasteiger partial charge in [0.2, 0.25) is 0 Å². The first-order valence-corrected chi connectivity index (χ1v) is 9.45. The minimum atomic E-state index is 0.666. The molecule has 1 aliphatic carbocycles. The summed E-state index contributed by atoms with van der Waals surface area (Å²) in [5.74, 6) is 1.73. The van der Waals surface area contributed by atoms with Crippen LogP contribution in [0, 0.1) is 5.92 Å². The summed E-state index contributed by atoms with van der Waals surface area (Å²) >= 11 is 10.5. The summed E-state index contributed by atoms with van der Waals surface area (Å²) < 4.78 is 8.82. The van der Waals surface area contributed by atoms with Gasteiger partial charge < -0.3 is 10.1 Å². The fourth-order valence-electron chi connectivity index (χ4n) is 2.70. The SMILES string of the molecule is CC1CCCC(NCCOc2c(Br)cc(Br)cc2Br)C1. The van der Waals surface area contributed by atoms with Crippen molar-refractivity contribution in [2.24, 2.45) is 5.92 Å². The van der Waals surface area contributed by atoms with Gasteiger partial charge in [-0.05, 0) is 62.8 Å². The Kier molecular flexibility index (Phi) is 6.85. The molecule has 112 valence electrons. The van der Waals surface area contributed by atoms with Crippen LogP contribution in [0.1, 0.15) is 32.6 Å². The third-order valence-corrected chi connectivity index (χ3v) is 5.32. The lowest BCUT2D eigenvalue weighted by atomic mass is 9.87. The van der Waals surface area contributed by atoms with Gasteiger partial charge in [-0.1, -0.05) is 35.7 Å². The highest BCUT2D eigenvalue weighted by molar-refractivity contribution is 9.11. The van der Waals surface area contributed by atoms with Gasteiger partial charge >= 0.3 is 0 Å². The Morgan fingerprint density at radius 1 is 1.20 bits per heavy atom. The Bertz CT molecular complexity index is 430. The maximum atomic E-state index is 5.86. The summed E-state index contributed by atoms with van der Waals surface area (Å²) in [6.45, 7) is 3.93. The molecule has 0 radical (unpaired) electrons. The molecule has 20 heavy (non-hydrogen) atoms. The number of rotatable bonds is 5. The van der Waals surface area contributed by atoms with Crippen LogP contribution < -0.4 is 10.1 Å². The molecule has 1 aromatic carbocycles. The number of benzene rings is 1. The highest BCUT2D eigenvalue weighted by atomic mass is 79.9. The molecule has 1 N–H and O–H groups in total. The number of hydrogen-bond acceptors (Lipinski definition) is 2. The summed E-state index contributed by atoms with van der Waals surface area (Å²) in [4.78, 5) is 0. The Morgan fingerprint density at radius 3 is 2.55 bits per heavy atom. The maximum absolute atomic E-state index is 5.86. The van der Waals surface area contributed by atoms with Crippen LogP contribution >= 0.6 is 47.8 Å². The Labute approximate surface area is 146 Å². The third kappa shape index (κ3) is 5.00. The molecular formula is C15H20Br3NO. The van der Waals surface area contributed by atoms with E-state index in [1.807, 2.05) is 12.1 Å². The average molecular weight is 470 g/mol. The van der Waals surface area contributed by atoms with Gasteiger partial charge in [0.1, 0.15) is 12.4 Å². The topological polar surface area (TPSA) is 21.3 Å². The van der Waals surface area contributed by atoms with Crippen molar-refractivity contribution in [1.29, 1.82) is 0 Å².